The summed E-state index contributed by atoms with van der Waals surface area (Å²) in [6.45, 7) is 3.78. The fourth-order valence-corrected chi connectivity index (χ4v) is 2.96. The molecule has 0 unspecified atom stereocenters. The average Bonchev–Trinajstić information content (AvgIpc) is 2.51. The van der Waals surface area contributed by atoms with Gasteiger partial charge in [-0.3, -0.25) is 0 Å². The zero-order chi connectivity index (χ0) is 13.9. The van der Waals surface area contributed by atoms with Crippen LogP contribution in [0.25, 0.3) is 11.1 Å². The predicted molar refractivity (Wildman–Crippen MR) is 85.8 cm³/mol. The summed E-state index contributed by atoms with van der Waals surface area (Å²) < 4.78 is 0. The van der Waals surface area contributed by atoms with E-state index in [1.54, 1.807) is 0 Å². The van der Waals surface area contributed by atoms with Gasteiger partial charge in [0.1, 0.15) is 0 Å². The molecule has 2 aromatic rings. The Morgan fingerprint density at radius 1 is 1.05 bits per heavy atom. The second-order valence-corrected chi connectivity index (χ2v) is 5.58. The number of hydrogen-bond acceptors (Lipinski definition) is 2. The minimum absolute atomic E-state index is 0.620. The summed E-state index contributed by atoms with van der Waals surface area (Å²) in [6, 6.07) is 15.2. The fraction of sp³-hybridized carbons (Fsp3) is 0.250. The first-order valence-electron chi connectivity index (χ1n) is 6.68. The smallest absolute Gasteiger partial charge is 0.0653 e. The summed E-state index contributed by atoms with van der Waals surface area (Å²) in [4.78, 5) is 2.22. The van der Waals surface area contributed by atoms with E-state index in [0.29, 0.717) is 10.0 Å². The Bertz CT molecular complexity index is 593. The molecule has 0 saturated carbocycles. The Hall–Kier alpha value is -1.22. The summed E-state index contributed by atoms with van der Waals surface area (Å²) in [7, 11) is 0. The Morgan fingerprint density at radius 2 is 1.75 bits per heavy atom. The molecule has 1 N–H and O–H groups in total. The van der Waals surface area contributed by atoms with Crippen LogP contribution < -0.4 is 10.2 Å². The van der Waals surface area contributed by atoms with E-state index in [1.165, 1.54) is 0 Å². The van der Waals surface area contributed by atoms with Crippen molar-refractivity contribution < 1.29 is 0 Å². The summed E-state index contributed by atoms with van der Waals surface area (Å²) in [6.07, 6.45) is 0. The third-order valence-corrected chi connectivity index (χ3v) is 4.07. The molecule has 0 bridgehead atoms. The van der Waals surface area contributed by atoms with Gasteiger partial charge in [-0.15, -0.1) is 0 Å². The number of anilines is 1. The quantitative estimate of drug-likeness (QED) is 0.906. The third kappa shape index (κ3) is 2.78. The van der Waals surface area contributed by atoms with Crippen LogP contribution in [0.1, 0.15) is 0 Å². The van der Waals surface area contributed by atoms with Gasteiger partial charge in [0.2, 0.25) is 0 Å². The monoisotopic (exact) mass is 305 g/mol. The molecule has 1 aliphatic rings. The van der Waals surface area contributed by atoms with Crippen LogP contribution in [0.4, 0.5) is 5.69 Å². The molecule has 1 fully saturated rings. The van der Waals surface area contributed by atoms with E-state index in [9.17, 15) is 0 Å². The van der Waals surface area contributed by atoms with Gasteiger partial charge in [0.05, 0.1) is 15.7 Å². The van der Waals surface area contributed by atoms with Crippen molar-refractivity contribution in [3.8, 4) is 11.1 Å². The van der Waals surface area contributed by atoms with E-state index in [-0.39, 0.29) is 0 Å². The molecule has 1 heterocycles. The first kappa shape index (κ1) is 13.7. The largest absolute Gasteiger partial charge is 0.367 e. The Morgan fingerprint density at radius 3 is 2.45 bits per heavy atom. The molecule has 20 heavy (non-hydrogen) atoms. The second-order valence-electron chi connectivity index (χ2n) is 4.80. The van der Waals surface area contributed by atoms with Crippen molar-refractivity contribution in [2.45, 2.75) is 0 Å². The highest BCUT2D eigenvalue weighted by Gasteiger charge is 2.16. The van der Waals surface area contributed by atoms with Gasteiger partial charge in [-0.25, -0.2) is 0 Å². The number of nitrogens with one attached hydrogen (secondary N) is 1. The Balaban J connectivity index is 1.98. The highest BCUT2D eigenvalue weighted by atomic mass is 35.5. The van der Waals surface area contributed by atoms with Gasteiger partial charge >= 0.3 is 0 Å². The predicted octanol–water partition coefficient (Wildman–Crippen LogP) is 3.87. The molecule has 2 nitrogen and oxygen atoms in total. The lowest BCUT2D eigenvalue weighted by Crippen LogP contribution is -2.43. The lowest BCUT2D eigenvalue weighted by atomic mass is 10.0. The maximum absolute atomic E-state index is 6.43. The third-order valence-electron chi connectivity index (χ3n) is 3.48. The Kier molecular flexibility index (Phi) is 4.16. The SMILES string of the molecule is Clc1[c]c(N2CCNCC2)c(Cl)cc1-c1ccccc1. The van der Waals surface area contributed by atoms with Crippen LogP contribution in [0.2, 0.25) is 10.0 Å². The van der Waals surface area contributed by atoms with Crippen molar-refractivity contribution in [3.63, 3.8) is 0 Å². The molecule has 0 atom stereocenters. The number of halogens is 2. The topological polar surface area (TPSA) is 15.3 Å². The van der Waals surface area contributed by atoms with Crippen LogP contribution in [0.5, 0.6) is 0 Å². The van der Waals surface area contributed by atoms with Crippen molar-refractivity contribution >= 4 is 28.9 Å². The molecule has 0 amide bonds. The van der Waals surface area contributed by atoms with Gasteiger partial charge in [-0.05, 0) is 11.6 Å². The molecule has 1 saturated heterocycles. The van der Waals surface area contributed by atoms with E-state index in [1.807, 2.05) is 36.4 Å². The van der Waals surface area contributed by atoms with E-state index >= 15 is 0 Å². The molecular weight excluding hydrogens is 291 g/mol. The number of nitrogens with zero attached hydrogens (tertiary/aromatic N) is 1. The summed E-state index contributed by atoms with van der Waals surface area (Å²) in [5.74, 6) is 0. The van der Waals surface area contributed by atoms with Crippen LogP contribution >= 0.6 is 23.2 Å². The van der Waals surface area contributed by atoms with Gasteiger partial charge in [-0.2, -0.15) is 0 Å². The molecule has 1 radical (unpaired) electrons. The van der Waals surface area contributed by atoms with Crippen LogP contribution in [0, 0.1) is 6.07 Å². The number of piperazine rings is 1. The van der Waals surface area contributed by atoms with Crippen LogP contribution in [0.15, 0.2) is 36.4 Å². The van der Waals surface area contributed by atoms with Crippen LogP contribution in [-0.2, 0) is 0 Å². The molecular formula is C16H15Cl2N2. The van der Waals surface area contributed by atoms with Crippen molar-refractivity contribution in [1.82, 2.24) is 5.32 Å². The zero-order valence-corrected chi connectivity index (χ0v) is 12.5. The van der Waals surface area contributed by atoms with E-state index in [4.69, 9.17) is 23.2 Å². The van der Waals surface area contributed by atoms with Gasteiger partial charge in [0, 0.05) is 37.8 Å². The summed E-state index contributed by atoms with van der Waals surface area (Å²) in [5.41, 5.74) is 2.89. The zero-order valence-electron chi connectivity index (χ0n) is 11.0. The molecule has 1 aliphatic heterocycles. The molecule has 0 aliphatic carbocycles. The van der Waals surface area contributed by atoms with E-state index in [0.717, 1.165) is 43.0 Å². The molecule has 4 heteroatoms. The molecule has 0 spiro atoms. The second kappa shape index (κ2) is 6.04. The van der Waals surface area contributed by atoms with Crippen LogP contribution in [0.3, 0.4) is 0 Å². The minimum Gasteiger partial charge on any atom is -0.367 e. The fourth-order valence-electron chi connectivity index (χ4n) is 2.44. The number of benzene rings is 2. The number of rotatable bonds is 2. The first-order chi connectivity index (χ1) is 9.75. The van der Waals surface area contributed by atoms with Gasteiger partial charge in [-0.1, -0.05) is 53.5 Å². The minimum atomic E-state index is 0.620. The highest BCUT2D eigenvalue weighted by Crippen LogP contribution is 2.36. The van der Waals surface area contributed by atoms with Crippen LogP contribution in [-0.4, -0.2) is 26.2 Å². The van der Waals surface area contributed by atoms with E-state index in [2.05, 4.69) is 16.3 Å². The van der Waals surface area contributed by atoms with Gasteiger partial charge < -0.3 is 10.2 Å². The average molecular weight is 306 g/mol. The maximum atomic E-state index is 6.43. The van der Waals surface area contributed by atoms with Crippen molar-refractivity contribution in [3.05, 3.63) is 52.5 Å². The summed E-state index contributed by atoms with van der Waals surface area (Å²) >= 11 is 12.8. The number of hydrogen-bond donors (Lipinski definition) is 1. The molecule has 103 valence electrons. The molecule has 3 rings (SSSR count). The van der Waals surface area contributed by atoms with Crippen molar-refractivity contribution in [2.75, 3.05) is 31.1 Å². The van der Waals surface area contributed by atoms with Gasteiger partial charge in [0.15, 0.2) is 0 Å². The first-order valence-corrected chi connectivity index (χ1v) is 7.44. The summed E-state index contributed by atoms with van der Waals surface area (Å²) in [5, 5.41) is 4.65. The van der Waals surface area contributed by atoms with Crippen molar-refractivity contribution in [2.24, 2.45) is 0 Å². The highest BCUT2D eigenvalue weighted by molar-refractivity contribution is 6.37. The molecule has 2 aromatic carbocycles. The lowest BCUT2D eigenvalue weighted by molar-refractivity contribution is 0.589. The van der Waals surface area contributed by atoms with E-state index < -0.39 is 0 Å². The standard InChI is InChI=1S/C16H15Cl2N2/c17-14-11-16(20-8-6-19-7-9-20)15(18)10-13(14)12-4-2-1-3-5-12/h1-5,10,19H,6-9H2. The maximum Gasteiger partial charge on any atom is 0.0653 e. The Labute approximate surface area is 129 Å². The normalized spacial score (nSPS) is 15.4. The van der Waals surface area contributed by atoms with Crippen molar-refractivity contribution in [1.29, 1.82) is 0 Å². The van der Waals surface area contributed by atoms with Gasteiger partial charge in [0.25, 0.3) is 0 Å². The lowest BCUT2D eigenvalue weighted by Gasteiger charge is -2.30. The molecule has 0 aromatic heterocycles.